The first-order chi connectivity index (χ1) is 8.11. The summed E-state index contributed by atoms with van der Waals surface area (Å²) in [6.07, 6.45) is 0. The van der Waals surface area contributed by atoms with E-state index in [1.54, 1.807) is 12.1 Å². The zero-order valence-electron chi connectivity index (χ0n) is 9.70. The summed E-state index contributed by atoms with van der Waals surface area (Å²) in [5.41, 5.74) is 4.89. The van der Waals surface area contributed by atoms with E-state index in [2.05, 4.69) is 10.4 Å². The number of aryl methyl sites for hydroxylation is 2. The fourth-order valence-electron chi connectivity index (χ4n) is 1.73. The van der Waals surface area contributed by atoms with Crippen molar-refractivity contribution >= 4 is 11.3 Å². The summed E-state index contributed by atoms with van der Waals surface area (Å²) >= 11 is 1.52. The lowest BCUT2D eigenvalue weighted by Crippen LogP contribution is -2.29. The predicted octanol–water partition coefficient (Wildman–Crippen LogP) is 2.45. The second-order valence-corrected chi connectivity index (χ2v) is 4.98. The highest BCUT2D eigenvalue weighted by atomic mass is 32.1. The molecule has 0 fully saturated rings. The van der Waals surface area contributed by atoms with Gasteiger partial charge in [-0.1, -0.05) is 17.7 Å². The van der Waals surface area contributed by atoms with Crippen LogP contribution in [0.1, 0.15) is 27.9 Å². The van der Waals surface area contributed by atoms with E-state index in [1.165, 1.54) is 17.4 Å². The molecular formula is C12H14FN3S. The van der Waals surface area contributed by atoms with Crippen molar-refractivity contribution < 1.29 is 4.39 Å². The third-order valence-corrected chi connectivity index (χ3v) is 3.35. The Bertz CT molecular complexity index is 524. The molecule has 0 bridgehead atoms. The molecule has 0 aliphatic rings. The number of rotatable bonds is 3. The number of halogens is 1. The lowest BCUT2D eigenvalue weighted by atomic mass is 10.0. The van der Waals surface area contributed by atoms with Crippen LogP contribution in [0.3, 0.4) is 0 Å². The minimum atomic E-state index is -0.403. The van der Waals surface area contributed by atoms with Gasteiger partial charge in [0.15, 0.2) is 0 Å². The van der Waals surface area contributed by atoms with Gasteiger partial charge in [-0.15, -0.1) is 11.3 Å². The van der Waals surface area contributed by atoms with Gasteiger partial charge < -0.3 is 0 Å². The van der Waals surface area contributed by atoms with Crippen LogP contribution in [0.15, 0.2) is 23.6 Å². The van der Waals surface area contributed by atoms with Gasteiger partial charge in [-0.05, 0) is 19.9 Å². The monoisotopic (exact) mass is 251 g/mol. The van der Waals surface area contributed by atoms with Gasteiger partial charge in [0, 0.05) is 10.9 Å². The van der Waals surface area contributed by atoms with Crippen LogP contribution in [0.2, 0.25) is 0 Å². The van der Waals surface area contributed by atoms with E-state index in [9.17, 15) is 4.39 Å². The molecule has 1 aromatic carbocycles. The summed E-state index contributed by atoms with van der Waals surface area (Å²) < 4.78 is 13.8. The lowest BCUT2D eigenvalue weighted by molar-refractivity contribution is 0.553. The zero-order valence-corrected chi connectivity index (χ0v) is 10.5. The average Bonchev–Trinajstić information content (AvgIpc) is 2.71. The molecule has 1 heterocycles. The summed E-state index contributed by atoms with van der Waals surface area (Å²) in [6.45, 7) is 3.83. The van der Waals surface area contributed by atoms with Crippen molar-refractivity contribution in [2.75, 3.05) is 0 Å². The van der Waals surface area contributed by atoms with Crippen LogP contribution >= 0.6 is 11.3 Å². The van der Waals surface area contributed by atoms with Gasteiger partial charge in [0.2, 0.25) is 0 Å². The molecule has 0 aliphatic carbocycles. The first-order valence-corrected chi connectivity index (χ1v) is 6.14. The molecule has 17 heavy (non-hydrogen) atoms. The number of nitrogens with two attached hydrogens (primary N) is 1. The Morgan fingerprint density at radius 3 is 2.76 bits per heavy atom. The molecule has 0 saturated carbocycles. The first-order valence-electron chi connectivity index (χ1n) is 5.26. The van der Waals surface area contributed by atoms with E-state index < -0.39 is 6.04 Å². The van der Waals surface area contributed by atoms with Gasteiger partial charge >= 0.3 is 0 Å². The molecule has 0 saturated heterocycles. The van der Waals surface area contributed by atoms with Gasteiger partial charge in [-0.2, -0.15) is 0 Å². The number of nitrogens with one attached hydrogen (secondary N) is 1. The fourth-order valence-corrected chi connectivity index (χ4v) is 2.37. The molecule has 0 spiro atoms. The van der Waals surface area contributed by atoms with Crippen molar-refractivity contribution in [3.05, 3.63) is 51.2 Å². The Morgan fingerprint density at radius 2 is 2.18 bits per heavy atom. The van der Waals surface area contributed by atoms with Crippen LogP contribution in [0, 0.1) is 19.7 Å². The summed E-state index contributed by atoms with van der Waals surface area (Å²) in [5, 5.41) is 2.83. The molecule has 1 aromatic heterocycles. The normalized spacial score (nSPS) is 12.7. The predicted molar refractivity (Wildman–Crippen MR) is 67.2 cm³/mol. The number of benzene rings is 1. The second-order valence-electron chi connectivity index (χ2n) is 3.92. The second kappa shape index (κ2) is 4.91. The van der Waals surface area contributed by atoms with Crippen LogP contribution in [-0.2, 0) is 0 Å². The van der Waals surface area contributed by atoms with Crippen LogP contribution < -0.4 is 11.3 Å². The van der Waals surface area contributed by atoms with Crippen molar-refractivity contribution in [3.63, 3.8) is 0 Å². The molecule has 2 rings (SSSR count). The Morgan fingerprint density at radius 1 is 1.41 bits per heavy atom. The molecule has 0 aliphatic heterocycles. The topological polar surface area (TPSA) is 50.9 Å². The van der Waals surface area contributed by atoms with E-state index in [4.69, 9.17) is 5.84 Å². The number of hydrogen-bond donors (Lipinski definition) is 2. The van der Waals surface area contributed by atoms with Gasteiger partial charge in [0.1, 0.15) is 5.82 Å². The molecule has 1 unspecified atom stereocenters. The van der Waals surface area contributed by atoms with Crippen molar-refractivity contribution in [3.8, 4) is 0 Å². The van der Waals surface area contributed by atoms with Crippen molar-refractivity contribution in [2.24, 2.45) is 5.84 Å². The smallest absolute Gasteiger partial charge is 0.128 e. The van der Waals surface area contributed by atoms with Crippen molar-refractivity contribution in [1.29, 1.82) is 0 Å². The summed E-state index contributed by atoms with van der Waals surface area (Å²) in [5.74, 6) is 5.24. The van der Waals surface area contributed by atoms with E-state index in [-0.39, 0.29) is 5.82 Å². The van der Waals surface area contributed by atoms with Crippen LogP contribution in [-0.4, -0.2) is 4.98 Å². The third-order valence-electron chi connectivity index (χ3n) is 2.56. The van der Waals surface area contributed by atoms with E-state index >= 15 is 0 Å². The summed E-state index contributed by atoms with van der Waals surface area (Å²) in [7, 11) is 0. The fraction of sp³-hybridized carbons (Fsp3) is 0.250. The molecule has 5 heteroatoms. The minimum absolute atomic E-state index is 0.274. The van der Waals surface area contributed by atoms with E-state index in [0.29, 0.717) is 5.56 Å². The molecule has 2 aromatic rings. The van der Waals surface area contributed by atoms with Gasteiger partial charge in [-0.3, -0.25) is 5.84 Å². The molecule has 0 amide bonds. The molecule has 3 nitrogen and oxygen atoms in total. The molecule has 0 radical (unpaired) electrons. The SMILES string of the molecule is Cc1ccc(F)c(C(NN)c2csc(C)n2)c1. The summed E-state index contributed by atoms with van der Waals surface area (Å²) in [6, 6.07) is 4.57. The third kappa shape index (κ3) is 2.52. The van der Waals surface area contributed by atoms with Crippen LogP contribution in [0.5, 0.6) is 0 Å². The highest BCUT2D eigenvalue weighted by Crippen LogP contribution is 2.25. The van der Waals surface area contributed by atoms with Crippen molar-refractivity contribution in [1.82, 2.24) is 10.4 Å². The molecule has 1 atom stereocenters. The van der Waals surface area contributed by atoms with Crippen molar-refractivity contribution in [2.45, 2.75) is 19.9 Å². The Balaban J connectivity index is 2.45. The van der Waals surface area contributed by atoms with Gasteiger partial charge in [0.25, 0.3) is 0 Å². The Hall–Kier alpha value is -1.30. The number of nitrogens with zero attached hydrogens (tertiary/aromatic N) is 1. The number of hydrazine groups is 1. The maximum atomic E-state index is 13.8. The Labute approximate surface area is 103 Å². The number of hydrogen-bond acceptors (Lipinski definition) is 4. The van der Waals surface area contributed by atoms with Gasteiger partial charge in [0.05, 0.1) is 16.7 Å². The largest absolute Gasteiger partial charge is 0.271 e. The molecule has 90 valence electrons. The molecule has 3 N–H and O–H groups in total. The van der Waals surface area contributed by atoms with Crippen LogP contribution in [0.4, 0.5) is 4.39 Å². The van der Waals surface area contributed by atoms with E-state index in [1.807, 2.05) is 19.2 Å². The van der Waals surface area contributed by atoms with E-state index in [0.717, 1.165) is 16.3 Å². The van der Waals surface area contributed by atoms with Crippen LogP contribution in [0.25, 0.3) is 0 Å². The molecular weight excluding hydrogens is 237 g/mol. The lowest BCUT2D eigenvalue weighted by Gasteiger charge is -2.15. The van der Waals surface area contributed by atoms with Gasteiger partial charge in [-0.25, -0.2) is 14.8 Å². The standard InChI is InChI=1S/C12H14FN3S/c1-7-3-4-10(13)9(5-7)12(16-14)11-6-17-8(2)15-11/h3-6,12,16H,14H2,1-2H3. The number of aromatic nitrogens is 1. The quantitative estimate of drug-likeness (QED) is 0.651. The average molecular weight is 251 g/mol. The first kappa shape index (κ1) is 12.2. The number of thiazole rings is 1. The Kier molecular flexibility index (Phi) is 3.51. The maximum absolute atomic E-state index is 13.8. The highest BCUT2D eigenvalue weighted by molar-refractivity contribution is 7.09. The summed E-state index contributed by atoms with van der Waals surface area (Å²) in [4.78, 5) is 4.34. The highest BCUT2D eigenvalue weighted by Gasteiger charge is 2.18. The zero-order chi connectivity index (χ0) is 12.4. The maximum Gasteiger partial charge on any atom is 0.128 e. The minimum Gasteiger partial charge on any atom is -0.271 e.